The number of carbonyl (C=O) groups excluding carboxylic acids is 1. The first-order valence-corrected chi connectivity index (χ1v) is 12.4. The Labute approximate surface area is 208 Å². The van der Waals surface area contributed by atoms with Crippen LogP contribution in [-0.4, -0.2) is 24.0 Å². The summed E-state index contributed by atoms with van der Waals surface area (Å²) < 4.78 is 12.2. The van der Waals surface area contributed by atoms with E-state index >= 15 is 0 Å². The molecule has 0 N–H and O–H groups in total. The molecule has 180 valence electrons. The molecule has 0 atom stereocenters. The van der Waals surface area contributed by atoms with E-state index in [-0.39, 0.29) is 11.2 Å². The zero-order valence-corrected chi connectivity index (χ0v) is 21.1. The van der Waals surface area contributed by atoms with E-state index in [0.29, 0.717) is 23.8 Å². The van der Waals surface area contributed by atoms with Crippen molar-refractivity contribution in [3.63, 3.8) is 0 Å². The standard InChI is InChI=1S/C31H33NO3/c1-21-29-24(19-32(20-34-29)16-8-11-22-9-6-5-7-10-22)18-26-28(33)27(35-30(21)26)17-23-12-14-25(15-13-23)31(2,3)4/h5-7,9-10,12-15,17-18H,8,11,16,19-20H2,1-4H3/b27-17-. The molecule has 2 heterocycles. The third-order valence-electron chi connectivity index (χ3n) is 6.86. The monoisotopic (exact) mass is 467 g/mol. The molecule has 0 bridgehead atoms. The molecule has 2 aliphatic heterocycles. The van der Waals surface area contributed by atoms with Gasteiger partial charge >= 0.3 is 0 Å². The van der Waals surface area contributed by atoms with Crippen molar-refractivity contribution in [2.24, 2.45) is 0 Å². The molecular formula is C31H33NO3. The molecule has 0 spiro atoms. The van der Waals surface area contributed by atoms with Gasteiger partial charge < -0.3 is 9.47 Å². The Morgan fingerprint density at radius 1 is 1.00 bits per heavy atom. The number of rotatable bonds is 5. The fourth-order valence-electron chi connectivity index (χ4n) is 4.82. The molecule has 3 aromatic rings. The van der Waals surface area contributed by atoms with Crippen molar-refractivity contribution in [1.29, 1.82) is 0 Å². The van der Waals surface area contributed by atoms with E-state index in [4.69, 9.17) is 9.47 Å². The van der Waals surface area contributed by atoms with Crippen molar-refractivity contribution < 1.29 is 14.3 Å². The summed E-state index contributed by atoms with van der Waals surface area (Å²) in [6.45, 7) is 10.8. The number of nitrogens with zero attached hydrogens (tertiary/aromatic N) is 1. The summed E-state index contributed by atoms with van der Waals surface area (Å²) in [6, 6.07) is 20.8. The van der Waals surface area contributed by atoms with Gasteiger partial charge in [0.2, 0.25) is 5.78 Å². The molecule has 4 nitrogen and oxygen atoms in total. The lowest BCUT2D eigenvalue weighted by atomic mass is 9.86. The van der Waals surface area contributed by atoms with Gasteiger partial charge in [-0.05, 0) is 54.0 Å². The lowest BCUT2D eigenvalue weighted by molar-refractivity contribution is 0.0932. The zero-order chi connectivity index (χ0) is 24.6. The van der Waals surface area contributed by atoms with Gasteiger partial charge in [0.15, 0.2) is 5.76 Å². The van der Waals surface area contributed by atoms with Gasteiger partial charge in [0.05, 0.1) is 5.56 Å². The van der Waals surface area contributed by atoms with E-state index in [1.165, 1.54) is 11.1 Å². The number of hydrogen-bond acceptors (Lipinski definition) is 4. The van der Waals surface area contributed by atoms with E-state index in [1.54, 1.807) is 0 Å². The fraction of sp³-hybridized carbons (Fsp3) is 0.323. The van der Waals surface area contributed by atoms with Crippen molar-refractivity contribution in [2.45, 2.75) is 52.5 Å². The third kappa shape index (κ3) is 4.89. The van der Waals surface area contributed by atoms with Gasteiger partial charge in [0, 0.05) is 24.2 Å². The molecular weight excluding hydrogens is 434 g/mol. The highest BCUT2D eigenvalue weighted by Gasteiger charge is 2.33. The Bertz CT molecular complexity index is 1270. The highest BCUT2D eigenvalue weighted by atomic mass is 16.5. The van der Waals surface area contributed by atoms with Crippen LogP contribution in [0.4, 0.5) is 0 Å². The first-order chi connectivity index (χ1) is 16.8. The molecule has 0 unspecified atom stereocenters. The smallest absolute Gasteiger partial charge is 0.231 e. The third-order valence-corrected chi connectivity index (χ3v) is 6.86. The molecule has 0 aliphatic carbocycles. The number of hydrogen-bond donors (Lipinski definition) is 0. The van der Waals surface area contributed by atoms with Crippen molar-refractivity contribution in [1.82, 2.24) is 4.90 Å². The van der Waals surface area contributed by atoms with Crippen molar-refractivity contribution in [3.8, 4) is 11.5 Å². The lowest BCUT2D eigenvalue weighted by Gasteiger charge is -2.30. The number of ether oxygens (including phenoxy) is 2. The largest absolute Gasteiger partial charge is 0.477 e. The highest BCUT2D eigenvalue weighted by molar-refractivity contribution is 6.15. The number of ketones is 1. The van der Waals surface area contributed by atoms with Crippen LogP contribution in [0.15, 0.2) is 66.4 Å². The summed E-state index contributed by atoms with van der Waals surface area (Å²) in [6.07, 6.45) is 3.95. The molecule has 5 rings (SSSR count). The van der Waals surface area contributed by atoms with Crippen LogP contribution in [0.5, 0.6) is 11.5 Å². The topological polar surface area (TPSA) is 38.8 Å². The molecule has 0 saturated heterocycles. The second kappa shape index (κ2) is 9.35. The number of allylic oxidation sites excluding steroid dienone is 1. The summed E-state index contributed by atoms with van der Waals surface area (Å²) in [5, 5.41) is 0. The van der Waals surface area contributed by atoms with Gasteiger partial charge in [-0.1, -0.05) is 75.4 Å². The first kappa shape index (κ1) is 23.4. The number of fused-ring (bicyclic) bond motifs is 2. The normalized spacial score (nSPS) is 16.6. The van der Waals surface area contributed by atoms with Gasteiger partial charge in [-0.2, -0.15) is 0 Å². The number of aryl methyl sites for hydroxylation is 1. The molecule has 0 radical (unpaired) electrons. The van der Waals surface area contributed by atoms with Crippen LogP contribution in [0.25, 0.3) is 6.08 Å². The van der Waals surface area contributed by atoms with Crippen molar-refractivity contribution >= 4 is 11.9 Å². The Balaban J connectivity index is 1.30. The second-order valence-corrected chi connectivity index (χ2v) is 10.6. The van der Waals surface area contributed by atoms with E-state index in [0.717, 1.165) is 48.4 Å². The molecule has 3 aromatic carbocycles. The van der Waals surface area contributed by atoms with Crippen LogP contribution >= 0.6 is 0 Å². The maximum Gasteiger partial charge on any atom is 0.231 e. The van der Waals surface area contributed by atoms with Crippen LogP contribution < -0.4 is 9.47 Å². The SMILES string of the molecule is Cc1c2c(cc3c1O/C(=C\c1ccc(C(C)(C)C)cc1)C3=O)CN(CCCc1ccccc1)CO2. The zero-order valence-electron chi connectivity index (χ0n) is 21.1. The molecule has 2 aliphatic rings. The number of Topliss-reactive ketones (excluding diaryl/α,β-unsaturated/α-hetero) is 1. The first-order valence-electron chi connectivity index (χ1n) is 12.4. The minimum atomic E-state index is -0.0630. The average molecular weight is 468 g/mol. The quantitative estimate of drug-likeness (QED) is 0.392. The van der Waals surface area contributed by atoms with E-state index in [1.807, 2.05) is 37.3 Å². The predicted molar refractivity (Wildman–Crippen MR) is 140 cm³/mol. The summed E-state index contributed by atoms with van der Waals surface area (Å²) in [5.74, 6) is 1.79. The summed E-state index contributed by atoms with van der Waals surface area (Å²) in [4.78, 5) is 15.5. The summed E-state index contributed by atoms with van der Waals surface area (Å²) in [5.41, 5.74) is 6.25. The van der Waals surface area contributed by atoms with Gasteiger partial charge in [-0.15, -0.1) is 0 Å². The average Bonchev–Trinajstić information content (AvgIpc) is 3.15. The minimum absolute atomic E-state index is 0.0630. The molecule has 0 saturated carbocycles. The van der Waals surface area contributed by atoms with Crippen LogP contribution in [0.1, 0.15) is 65.4 Å². The predicted octanol–water partition coefficient (Wildman–Crippen LogP) is 6.69. The van der Waals surface area contributed by atoms with E-state index < -0.39 is 0 Å². The Morgan fingerprint density at radius 2 is 1.74 bits per heavy atom. The van der Waals surface area contributed by atoms with Gasteiger partial charge in [-0.25, -0.2) is 0 Å². The number of carbonyl (C=O) groups is 1. The summed E-state index contributed by atoms with van der Waals surface area (Å²) >= 11 is 0. The van der Waals surface area contributed by atoms with E-state index in [2.05, 4.69) is 62.1 Å². The van der Waals surface area contributed by atoms with Gasteiger partial charge in [0.25, 0.3) is 0 Å². The van der Waals surface area contributed by atoms with Crippen LogP contribution in [0.2, 0.25) is 0 Å². The molecule has 35 heavy (non-hydrogen) atoms. The Morgan fingerprint density at radius 3 is 2.46 bits per heavy atom. The second-order valence-electron chi connectivity index (χ2n) is 10.6. The maximum atomic E-state index is 13.2. The van der Waals surface area contributed by atoms with Gasteiger partial charge in [-0.3, -0.25) is 9.69 Å². The maximum absolute atomic E-state index is 13.2. The molecule has 0 amide bonds. The van der Waals surface area contributed by atoms with Crippen molar-refractivity contribution in [3.05, 3.63) is 99.8 Å². The Hall–Kier alpha value is -3.37. The summed E-state index contributed by atoms with van der Waals surface area (Å²) in [7, 11) is 0. The van der Waals surface area contributed by atoms with Crippen LogP contribution in [-0.2, 0) is 18.4 Å². The Kier molecular flexibility index (Phi) is 6.24. The number of benzene rings is 3. The highest BCUT2D eigenvalue weighted by Crippen LogP contribution is 2.43. The lowest BCUT2D eigenvalue weighted by Crippen LogP contribution is -2.33. The van der Waals surface area contributed by atoms with Crippen LogP contribution in [0, 0.1) is 6.92 Å². The van der Waals surface area contributed by atoms with Crippen LogP contribution in [0.3, 0.4) is 0 Å². The van der Waals surface area contributed by atoms with Crippen molar-refractivity contribution in [2.75, 3.05) is 13.3 Å². The molecule has 0 aromatic heterocycles. The molecule has 0 fully saturated rings. The van der Waals surface area contributed by atoms with Gasteiger partial charge in [0.1, 0.15) is 18.2 Å². The minimum Gasteiger partial charge on any atom is -0.477 e. The molecule has 4 heteroatoms. The van der Waals surface area contributed by atoms with E-state index in [9.17, 15) is 4.79 Å². The fourth-order valence-corrected chi connectivity index (χ4v) is 4.82.